The number of aliphatic hydroxyl groups is 1. The Morgan fingerprint density at radius 1 is 1.04 bits per heavy atom. The van der Waals surface area contributed by atoms with Crippen molar-refractivity contribution in [1.82, 2.24) is 28.1 Å². The maximum Gasteiger partial charge on any atom is 0.416 e. The van der Waals surface area contributed by atoms with E-state index in [1.54, 1.807) is 22.4 Å². The molecule has 1 fully saturated rings. The molecule has 10 nitrogen and oxygen atoms in total. The highest BCUT2D eigenvalue weighted by Crippen LogP contribution is 2.35. The fourth-order valence-electron chi connectivity index (χ4n) is 6.56. The number of likely N-dealkylation sites (tertiary alicyclic amines) is 1. The van der Waals surface area contributed by atoms with Crippen molar-refractivity contribution in [3.63, 3.8) is 0 Å². The topological polar surface area (TPSA) is 106 Å². The second kappa shape index (κ2) is 11.9. The Balaban J connectivity index is 1.18. The summed E-state index contributed by atoms with van der Waals surface area (Å²) in [5.41, 5.74) is 2.97. The molecule has 242 valence electrons. The number of hydrogen-bond acceptors (Lipinski definition) is 6. The zero-order valence-corrected chi connectivity index (χ0v) is 26.4. The number of imidazole rings is 1. The van der Waals surface area contributed by atoms with E-state index in [0.29, 0.717) is 47.9 Å². The van der Waals surface area contributed by atoms with Gasteiger partial charge in [-0.05, 0) is 43.2 Å². The van der Waals surface area contributed by atoms with Crippen LogP contribution in [-0.2, 0) is 42.8 Å². The van der Waals surface area contributed by atoms with Gasteiger partial charge >= 0.3 is 11.9 Å². The summed E-state index contributed by atoms with van der Waals surface area (Å²) in [4.78, 5) is 15.2. The van der Waals surface area contributed by atoms with Gasteiger partial charge in [-0.2, -0.15) is 22.6 Å². The molecular weight excluding hydrogens is 633 g/mol. The molecule has 0 aliphatic carbocycles. The van der Waals surface area contributed by atoms with E-state index in [2.05, 4.69) is 10.00 Å². The van der Waals surface area contributed by atoms with Crippen molar-refractivity contribution in [2.24, 2.45) is 7.05 Å². The minimum atomic E-state index is -4.48. The molecule has 1 atom stereocenters. The Labute approximate surface area is 263 Å². The van der Waals surface area contributed by atoms with E-state index in [1.807, 2.05) is 16.7 Å². The number of hydrogen-bond donors (Lipinski definition) is 1. The van der Waals surface area contributed by atoms with Crippen molar-refractivity contribution >= 4 is 32.7 Å². The summed E-state index contributed by atoms with van der Waals surface area (Å²) in [6, 6.07) is 10.1. The summed E-state index contributed by atoms with van der Waals surface area (Å²) in [6.45, 7) is 2.13. The number of rotatable bonds is 7. The highest BCUT2D eigenvalue weighted by Gasteiger charge is 2.33. The van der Waals surface area contributed by atoms with E-state index in [4.69, 9.17) is 11.6 Å². The first-order valence-electron chi connectivity index (χ1n) is 14.7. The largest absolute Gasteiger partial charge is 0.416 e. The molecular formula is C30H34ClF3N6O4S. The predicted molar refractivity (Wildman–Crippen MR) is 165 cm³/mol. The average Bonchev–Trinajstić information content (AvgIpc) is 3.46. The number of aromatic nitrogens is 4. The number of aliphatic hydroxyl groups excluding tert-OH is 1. The molecule has 2 aromatic heterocycles. The molecule has 0 radical (unpaired) electrons. The molecule has 6 rings (SSSR count). The molecule has 1 unspecified atom stereocenters. The lowest BCUT2D eigenvalue weighted by Crippen LogP contribution is -2.42. The third kappa shape index (κ3) is 6.30. The third-order valence-electron chi connectivity index (χ3n) is 8.88. The maximum absolute atomic E-state index is 13.2. The Kier molecular flexibility index (Phi) is 8.40. The van der Waals surface area contributed by atoms with Gasteiger partial charge in [0.2, 0.25) is 10.0 Å². The minimum absolute atomic E-state index is 0.00437. The number of halogens is 4. The molecule has 2 aliphatic heterocycles. The molecule has 45 heavy (non-hydrogen) atoms. The van der Waals surface area contributed by atoms with Crippen LogP contribution in [0.5, 0.6) is 0 Å². The smallest absolute Gasteiger partial charge is 0.390 e. The molecule has 2 aliphatic rings. The monoisotopic (exact) mass is 666 g/mol. The number of piperidine rings is 1. The molecule has 0 spiro atoms. The molecule has 2 aromatic carbocycles. The fourth-order valence-corrected chi connectivity index (χ4v) is 7.51. The van der Waals surface area contributed by atoms with Gasteiger partial charge in [-0.1, -0.05) is 23.7 Å². The van der Waals surface area contributed by atoms with Crippen LogP contribution in [0.15, 0.2) is 47.3 Å². The first kappa shape index (κ1) is 31.8. The summed E-state index contributed by atoms with van der Waals surface area (Å²) in [5, 5.41) is 16.4. The second-order valence-corrected chi connectivity index (χ2v) is 14.3. The van der Waals surface area contributed by atoms with Crippen LogP contribution in [0.4, 0.5) is 13.2 Å². The fraction of sp³-hybridized carbons (Fsp3) is 0.467. The summed E-state index contributed by atoms with van der Waals surface area (Å²) in [7, 11) is -1.76. The van der Waals surface area contributed by atoms with Crippen LogP contribution >= 0.6 is 11.6 Å². The van der Waals surface area contributed by atoms with Crippen LogP contribution in [0, 0.1) is 0 Å². The molecule has 4 aromatic rings. The normalized spacial score (nSPS) is 18.0. The first-order chi connectivity index (χ1) is 21.2. The Morgan fingerprint density at radius 3 is 2.38 bits per heavy atom. The molecule has 1 saturated heterocycles. The van der Waals surface area contributed by atoms with Gasteiger partial charge < -0.3 is 10.0 Å². The van der Waals surface area contributed by atoms with Gasteiger partial charge in [0, 0.05) is 74.1 Å². The minimum Gasteiger partial charge on any atom is -0.390 e. The molecule has 0 bridgehead atoms. The van der Waals surface area contributed by atoms with Gasteiger partial charge in [-0.25, -0.2) is 13.2 Å². The van der Waals surface area contributed by atoms with Crippen molar-refractivity contribution in [2.45, 2.75) is 50.7 Å². The average molecular weight is 667 g/mol. The third-order valence-corrected chi connectivity index (χ3v) is 10.4. The molecule has 0 saturated carbocycles. The van der Waals surface area contributed by atoms with Gasteiger partial charge in [0.05, 0.1) is 41.2 Å². The van der Waals surface area contributed by atoms with Gasteiger partial charge in [0.1, 0.15) is 0 Å². The van der Waals surface area contributed by atoms with Crippen molar-refractivity contribution in [2.75, 3.05) is 32.4 Å². The summed E-state index contributed by atoms with van der Waals surface area (Å²) in [5.74, 6) is 0. The van der Waals surface area contributed by atoms with E-state index in [1.165, 1.54) is 16.4 Å². The van der Waals surface area contributed by atoms with Gasteiger partial charge in [0.25, 0.3) is 0 Å². The van der Waals surface area contributed by atoms with Crippen molar-refractivity contribution in [3.8, 4) is 11.3 Å². The highest BCUT2D eigenvalue weighted by molar-refractivity contribution is 7.88. The Hall–Kier alpha value is -3.17. The van der Waals surface area contributed by atoms with Gasteiger partial charge in [-0.15, -0.1) is 0 Å². The molecule has 0 amide bonds. The number of β-amino-alcohol motifs (C(OH)–C–C–N with tert-alkyl or cyclic N) is 1. The summed E-state index contributed by atoms with van der Waals surface area (Å²) >= 11 is 6.23. The lowest BCUT2D eigenvalue weighted by molar-refractivity contribution is -0.137. The lowest BCUT2D eigenvalue weighted by atomic mass is 10.0. The van der Waals surface area contributed by atoms with E-state index in [-0.39, 0.29) is 31.4 Å². The standard InChI is InChI=1S/C30H34ClF3N6O4S/c1-36-26-8-7-21(31)15-27(26)40(29(36)42)22-9-12-37(13-10-22)16-23(41)17-39-25-11-14-38(45(2,43)44)18-24(25)28(35-39)19-3-5-20(6-4-19)30(32,33)34/h3-8,15,22-23,41H,9-14,16-18H2,1-2H3. The first-order valence-corrected chi connectivity index (χ1v) is 16.9. The van der Waals surface area contributed by atoms with Crippen LogP contribution in [0.1, 0.15) is 35.7 Å². The number of sulfonamides is 1. The van der Waals surface area contributed by atoms with Crippen LogP contribution in [0.3, 0.4) is 0 Å². The highest BCUT2D eigenvalue weighted by atomic mass is 35.5. The number of aryl methyl sites for hydroxylation is 1. The van der Waals surface area contributed by atoms with Crippen molar-refractivity contribution in [3.05, 3.63) is 74.8 Å². The lowest BCUT2D eigenvalue weighted by Gasteiger charge is -2.33. The molecule has 1 N–H and O–H groups in total. The Bertz CT molecular complexity index is 1890. The number of alkyl halides is 3. The molecule has 4 heterocycles. The van der Waals surface area contributed by atoms with E-state index >= 15 is 0 Å². The second-order valence-electron chi connectivity index (χ2n) is 11.9. The van der Waals surface area contributed by atoms with Crippen LogP contribution in [0.25, 0.3) is 22.3 Å². The van der Waals surface area contributed by atoms with Gasteiger partial charge in [0.15, 0.2) is 0 Å². The number of nitrogens with zero attached hydrogens (tertiary/aromatic N) is 6. The van der Waals surface area contributed by atoms with Crippen LogP contribution in [0.2, 0.25) is 5.02 Å². The van der Waals surface area contributed by atoms with Crippen molar-refractivity contribution < 1.29 is 26.7 Å². The van der Waals surface area contributed by atoms with Crippen LogP contribution in [-0.4, -0.2) is 80.2 Å². The van der Waals surface area contributed by atoms with Crippen LogP contribution < -0.4 is 5.69 Å². The summed E-state index contributed by atoms with van der Waals surface area (Å²) in [6.07, 6.45) is -2.37. The van der Waals surface area contributed by atoms with E-state index in [9.17, 15) is 31.5 Å². The van der Waals surface area contributed by atoms with E-state index < -0.39 is 27.9 Å². The maximum atomic E-state index is 13.2. The zero-order chi connectivity index (χ0) is 32.3. The molecule has 15 heteroatoms. The van der Waals surface area contributed by atoms with Crippen molar-refractivity contribution in [1.29, 1.82) is 0 Å². The van der Waals surface area contributed by atoms with E-state index in [0.717, 1.165) is 48.0 Å². The SMILES string of the molecule is Cn1c(=O)n(C2CCN(CC(O)Cn3nc(-c4ccc(C(F)(F)F)cc4)c4c3CCN(S(C)(=O)=O)C4)CC2)c2cc(Cl)ccc21. The quantitative estimate of drug-likeness (QED) is 0.321. The number of benzene rings is 2. The zero-order valence-electron chi connectivity index (χ0n) is 24.8. The Morgan fingerprint density at radius 2 is 1.73 bits per heavy atom. The predicted octanol–water partition coefficient (Wildman–Crippen LogP) is 3.89. The summed E-state index contributed by atoms with van der Waals surface area (Å²) < 4.78 is 70.6. The number of fused-ring (bicyclic) bond motifs is 2. The van der Waals surface area contributed by atoms with Gasteiger partial charge in [-0.3, -0.25) is 13.8 Å².